The minimum Gasteiger partial charge on any atom is -0.396 e. The van der Waals surface area contributed by atoms with E-state index in [1.165, 1.54) is 0 Å². The number of amides is 5. The summed E-state index contributed by atoms with van der Waals surface area (Å²) in [5.41, 5.74) is 24.4. The van der Waals surface area contributed by atoms with Crippen molar-refractivity contribution in [3.05, 3.63) is 71.8 Å². The fourth-order valence-electron chi connectivity index (χ4n) is 9.48. The number of Topliss-reactive ketones (excluding diaryl/α,β-unsaturated/α-hetero) is 5. The lowest BCUT2D eigenvalue weighted by molar-refractivity contribution is -0.137. The maximum Gasteiger partial charge on any atom is 0.224 e. The number of nitrogens with one attached hydrogen (secondary N) is 4. The Balaban J connectivity index is 2.40. The molecule has 2 aromatic rings. The van der Waals surface area contributed by atoms with E-state index in [4.69, 9.17) is 22.9 Å². The Morgan fingerprint density at radius 3 is 1.47 bits per heavy atom. The lowest BCUT2D eigenvalue weighted by Crippen LogP contribution is -2.51. The van der Waals surface area contributed by atoms with Gasteiger partial charge in [0.2, 0.25) is 29.5 Å². The molecule has 10 atom stereocenters. The van der Waals surface area contributed by atoms with Crippen molar-refractivity contribution in [1.82, 2.24) is 21.3 Å². The zero-order chi connectivity index (χ0) is 58.6. The molecule has 0 heterocycles. The molecule has 0 fully saturated rings. The molecule has 2 rings (SSSR count). The van der Waals surface area contributed by atoms with Crippen molar-refractivity contribution in [2.24, 2.45) is 76.2 Å². The molecular formula is C59H92N8O11. The molecule has 0 unspecified atom stereocenters. The first-order chi connectivity index (χ1) is 36.9. The maximum atomic E-state index is 14.6. The van der Waals surface area contributed by atoms with Gasteiger partial charge in [-0.3, -0.25) is 47.9 Å². The predicted octanol–water partition coefficient (Wildman–Crippen LogP) is 3.68. The molecule has 2 aromatic carbocycles. The number of rotatable bonds is 40. The SMILES string of the molecule is CC[C@H](C)[C@H](NC(=O)[C@H](CCN)CC(=O)c1ccccc1)C(=O)C[C@@H](CCN)C(=O)N[C@H](Cc1ccccc1)C(=O)C[C@@H](CC(C)C)C(=O)N[C@@H](CCN)C(=O)C[C@@H](C(=O)N[C@@H](CC(C)C)C(=O)C[C@@H](CO)C(N)=O)C(C)C. The quantitative estimate of drug-likeness (QED) is 0.0430. The Labute approximate surface area is 462 Å². The molecule has 0 radical (unpaired) electrons. The molecule has 0 aromatic heterocycles. The first-order valence-electron chi connectivity index (χ1n) is 27.9. The van der Waals surface area contributed by atoms with Crippen molar-refractivity contribution in [1.29, 1.82) is 0 Å². The van der Waals surface area contributed by atoms with Crippen molar-refractivity contribution in [3.63, 3.8) is 0 Å². The first-order valence-corrected chi connectivity index (χ1v) is 27.9. The molecule has 5 amide bonds. The van der Waals surface area contributed by atoms with Crippen LogP contribution in [0.3, 0.4) is 0 Å². The van der Waals surface area contributed by atoms with Crippen molar-refractivity contribution >= 4 is 58.5 Å². The van der Waals surface area contributed by atoms with Crippen LogP contribution in [0.2, 0.25) is 0 Å². The van der Waals surface area contributed by atoms with Gasteiger partial charge in [-0.05, 0) is 87.4 Å². The third kappa shape index (κ3) is 23.5. The summed E-state index contributed by atoms with van der Waals surface area (Å²) in [5, 5.41) is 21.0. The highest BCUT2D eigenvalue weighted by molar-refractivity contribution is 6.00. The van der Waals surface area contributed by atoms with Crippen molar-refractivity contribution in [3.8, 4) is 0 Å². The summed E-state index contributed by atoms with van der Waals surface area (Å²) in [4.78, 5) is 138. The Morgan fingerprint density at radius 1 is 0.500 bits per heavy atom. The number of benzene rings is 2. The van der Waals surface area contributed by atoms with Gasteiger partial charge in [-0.15, -0.1) is 0 Å². The topological polar surface area (TPSA) is 343 Å². The molecule has 0 spiro atoms. The molecule has 13 N–H and O–H groups in total. The van der Waals surface area contributed by atoms with Crippen LogP contribution in [0, 0.1) is 53.3 Å². The largest absolute Gasteiger partial charge is 0.396 e. The van der Waals surface area contributed by atoms with Crippen molar-refractivity contribution in [2.75, 3.05) is 26.2 Å². The van der Waals surface area contributed by atoms with Crippen LogP contribution >= 0.6 is 0 Å². The Morgan fingerprint density at radius 2 is 0.962 bits per heavy atom. The van der Waals surface area contributed by atoms with E-state index < -0.39 is 119 Å². The van der Waals surface area contributed by atoms with E-state index in [0.29, 0.717) is 17.5 Å². The highest BCUT2D eigenvalue weighted by Crippen LogP contribution is 2.24. The molecule has 19 nitrogen and oxygen atoms in total. The predicted molar refractivity (Wildman–Crippen MR) is 300 cm³/mol. The van der Waals surface area contributed by atoms with Crippen LogP contribution in [0.5, 0.6) is 0 Å². The van der Waals surface area contributed by atoms with Crippen LogP contribution < -0.4 is 44.2 Å². The lowest BCUT2D eigenvalue weighted by Gasteiger charge is -2.28. The van der Waals surface area contributed by atoms with Crippen molar-refractivity contribution < 1.29 is 53.1 Å². The molecular weight excluding hydrogens is 997 g/mol. The van der Waals surface area contributed by atoms with Crippen LogP contribution in [-0.4, -0.2) is 114 Å². The van der Waals surface area contributed by atoms with E-state index in [-0.39, 0.29) is 114 Å². The van der Waals surface area contributed by atoms with Crippen molar-refractivity contribution in [2.45, 2.75) is 157 Å². The highest BCUT2D eigenvalue weighted by Gasteiger charge is 2.37. The summed E-state index contributed by atoms with van der Waals surface area (Å²) in [6.45, 7) is 14.1. The van der Waals surface area contributed by atoms with Gasteiger partial charge < -0.3 is 49.3 Å². The first kappa shape index (κ1) is 68.1. The zero-order valence-corrected chi connectivity index (χ0v) is 47.4. The summed E-state index contributed by atoms with van der Waals surface area (Å²) < 4.78 is 0. The van der Waals surface area contributed by atoms with Gasteiger partial charge in [-0.2, -0.15) is 0 Å². The summed E-state index contributed by atoms with van der Waals surface area (Å²) in [7, 11) is 0. The summed E-state index contributed by atoms with van der Waals surface area (Å²) >= 11 is 0. The van der Waals surface area contributed by atoms with E-state index in [9.17, 15) is 53.1 Å². The molecule has 0 saturated carbocycles. The second kappa shape index (κ2) is 35.5. The van der Waals surface area contributed by atoms with E-state index in [1.807, 2.05) is 41.5 Å². The van der Waals surface area contributed by atoms with Gasteiger partial charge in [0.1, 0.15) is 0 Å². The molecule has 0 aliphatic rings. The average molecular weight is 1090 g/mol. The van der Waals surface area contributed by atoms with Crippen LogP contribution in [0.15, 0.2) is 60.7 Å². The zero-order valence-electron chi connectivity index (χ0n) is 47.4. The molecule has 0 bridgehead atoms. The smallest absolute Gasteiger partial charge is 0.224 e. The van der Waals surface area contributed by atoms with E-state index in [2.05, 4.69) is 21.3 Å². The standard InChI is InChI=1S/C59H92N8O11/c1-9-38(8)54(67-57(76)41(20-23-60)29-49(69)40-18-14-11-15-19-40)53(73)30-42(21-24-61)56(75)65-48(28-39-16-12-10-13-17-39)50(70)31-43(26-35(2)3)58(77)64-46(22-25-62)52(72)33-45(37(6)7)59(78)66-47(27-36(4)5)51(71)32-44(34-68)55(63)74/h10-19,35-38,41-48,54,68H,9,20-34,60-62H2,1-8H3,(H2,63,74)(H,64,77)(H,65,75)(H,66,78)(H,67,76)/t38-,41+,42+,43+,44-,45+,46-,47-,48+,54-/m0/s1. The Kier molecular flexibility index (Phi) is 31.0. The van der Waals surface area contributed by atoms with Crippen LogP contribution in [0.25, 0.3) is 0 Å². The van der Waals surface area contributed by atoms with Gasteiger partial charge >= 0.3 is 0 Å². The van der Waals surface area contributed by atoms with Gasteiger partial charge in [0.25, 0.3) is 0 Å². The third-order valence-corrected chi connectivity index (χ3v) is 14.4. The number of carbonyl (C=O) groups is 10. The van der Waals surface area contributed by atoms with Gasteiger partial charge in [0, 0.05) is 61.3 Å². The van der Waals surface area contributed by atoms with E-state index in [0.717, 1.165) is 0 Å². The van der Waals surface area contributed by atoms with Gasteiger partial charge in [-0.1, -0.05) is 122 Å². The number of aliphatic hydroxyl groups is 1. The average Bonchev–Trinajstić information content (AvgIpc) is 3.39. The van der Waals surface area contributed by atoms with Gasteiger partial charge in [0.05, 0.1) is 36.7 Å². The normalized spacial score (nSPS) is 15.4. The molecule has 19 heteroatoms. The summed E-state index contributed by atoms with van der Waals surface area (Å²) in [6, 6.07) is 13.2. The molecule has 0 aliphatic carbocycles. The Bertz CT molecular complexity index is 2260. The molecule has 0 saturated heterocycles. The molecule has 0 aliphatic heterocycles. The van der Waals surface area contributed by atoms with Gasteiger partial charge in [-0.25, -0.2) is 0 Å². The number of hydrogen-bond acceptors (Lipinski definition) is 14. The number of nitrogens with two attached hydrogens (primary N) is 4. The van der Waals surface area contributed by atoms with Gasteiger partial charge in [0.15, 0.2) is 28.9 Å². The summed E-state index contributed by atoms with van der Waals surface area (Å²) in [6.07, 6.45) is -0.183. The number of aliphatic hydroxyl groups excluding tert-OH is 1. The van der Waals surface area contributed by atoms with Crippen LogP contribution in [0.1, 0.15) is 142 Å². The number of ketones is 5. The minimum absolute atomic E-state index is 0.00739. The number of carbonyl (C=O) groups excluding carboxylic acids is 10. The lowest BCUT2D eigenvalue weighted by atomic mass is 9.85. The van der Waals surface area contributed by atoms with Crippen LogP contribution in [0.4, 0.5) is 0 Å². The minimum atomic E-state index is -1.16. The fraction of sp³-hybridized carbons (Fsp3) is 0.627. The molecule has 78 heavy (non-hydrogen) atoms. The monoisotopic (exact) mass is 1090 g/mol. The number of primary amides is 1. The number of hydrogen-bond donors (Lipinski definition) is 9. The third-order valence-electron chi connectivity index (χ3n) is 14.4. The fourth-order valence-corrected chi connectivity index (χ4v) is 9.48. The van der Waals surface area contributed by atoms with Crippen LogP contribution in [-0.2, 0) is 49.6 Å². The Hall–Kier alpha value is -6.02. The van der Waals surface area contributed by atoms with E-state index >= 15 is 0 Å². The molecule has 434 valence electrons. The van der Waals surface area contributed by atoms with E-state index in [1.54, 1.807) is 74.5 Å². The maximum absolute atomic E-state index is 14.6. The second-order valence-electron chi connectivity index (χ2n) is 22.1. The summed E-state index contributed by atoms with van der Waals surface area (Å²) in [5.74, 6) is -11.0. The second-order valence-corrected chi connectivity index (χ2v) is 22.1. The highest BCUT2D eigenvalue weighted by atomic mass is 16.3.